The lowest BCUT2D eigenvalue weighted by Gasteiger charge is -2.17. The van der Waals surface area contributed by atoms with Gasteiger partial charge in [0, 0.05) is 18.8 Å². The summed E-state index contributed by atoms with van der Waals surface area (Å²) in [5, 5.41) is 6.07. The van der Waals surface area contributed by atoms with Crippen LogP contribution in [0.1, 0.15) is 6.42 Å². The van der Waals surface area contributed by atoms with Gasteiger partial charge in [0.1, 0.15) is 0 Å². The average molecular weight is 233 g/mol. The molecule has 1 heterocycles. The second-order valence-corrected chi connectivity index (χ2v) is 4.45. The van der Waals surface area contributed by atoms with Crippen molar-refractivity contribution in [3.63, 3.8) is 0 Å². The molecule has 0 bridgehead atoms. The highest BCUT2D eigenvalue weighted by Gasteiger charge is 2.25. The monoisotopic (exact) mass is 233 g/mol. The minimum Gasteiger partial charge on any atom is -0.324 e. The first kappa shape index (κ1) is 11.9. The first-order valence-electron chi connectivity index (χ1n) is 6.05. The van der Waals surface area contributed by atoms with Crippen molar-refractivity contribution in [2.45, 2.75) is 6.42 Å². The number of anilines is 1. The molecule has 92 valence electrons. The number of hydrogen-bond donors (Lipinski definition) is 2. The molecule has 1 fully saturated rings. The predicted octanol–water partition coefficient (Wildman–Crippen LogP) is 1.76. The highest BCUT2D eigenvalue weighted by molar-refractivity contribution is 5.89. The van der Waals surface area contributed by atoms with Crippen LogP contribution in [0.2, 0.25) is 0 Å². The maximum Gasteiger partial charge on any atom is 0.321 e. The number of hydrogen-bond acceptors (Lipinski definition) is 2. The Hall–Kier alpha value is -1.55. The van der Waals surface area contributed by atoms with Crippen molar-refractivity contribution in [2.75, 3.05) is 32.0 Å². The van der Waals surface area contributed by atoms with E-state index in [4.69, 9.17) is 0 Å². The van der Waals surface area contributed by atoms with Crippen LogP contribution in [0.15, 0.2) is 30.3 Å². The standard InChI is InChI=1S/C13H19N3O/c1-14-9-11-7-8-16(10-11)13(17)15-12-5-3-2-4-6-12/h2-6,11,14H,7-10H2,1H3,(H,15,17). The zero-order valence-electron chi connectivity index (χ0n) is 10.1. The van der Waals surface area contributed by atoms with Crippen molar-refractivity contribution in [3.05, 3.63) is 30.3 Å². The molecule has 2 N–H and O–H groups in total. The smallest absolute Gasteiger partial charge is 0.321 e. The van der Waals surface area contributed by atoms with Gasteiger partial charge in [0.2, 0.25) is 0 Å². The van der Waals surface area contributed by atoms with E-state index in [0.717, 1.165) is 31.7 Å². The van der Waals surface area contributed by atoms with Gasteiger partial charge in [-0.3, -0.25) is 0 Å². The van der Waals surface area contributed by atoms with E-state index in [-0.39, 0.29) is 6.03 Å². The van der Waals surface area contributed by atoms with Crippen LogP contribution >= 0.6 is 0 Å². The molecule has 0 spiro atoms. The third-order valence-electron chi connectivity index (χ3n) is 3.09. The minimum absolute atomic E-state index is 0.00908. The van der Waals surface area contributed by atoms with Crippen LogP contribution in [0.3, 0.4) is 0 Å². The Labute approximate surface area is 102 Å². The van der Waals surface area contributed by atoms with Crippen LogP contribution in [0.5, 0.6) is 0 Å². The van der Waals surface area contributed by atoms with Crippen LogP contribution in [-0.4, -0.2) is 37.6 Å². The average Bonchev–Trinajstić information content (AvgIpc) is 2.79. The van der Waals surface area contributed by atoms with Crippen LogP contribution in [0.4, 0.5) is 10.5 Å². The molecule has 1 aromatic carbocycles. The summed E-state index contributed by atoms with van der Waals surface area (Å²) >= 11 is 0. The van der Waals surface area contributed by atoms with E-state index < -0.39 is 0 Å². The summed E-state index contributed by atoms with van der Waals surface area (Å²) in [6.07, 6.45) is 1.09. The summed E-state index contributed by atoms with van der Waals surface area (Å²) < 4.78 is 0. The van der Waals surface area contributed by atoms with Gasteiger partial charge in [0.25, 0.3) is 0 Å². The first-order valence-corrected chi connectivity index (χ1v) is 6.05. The molecule has 4 heteroatoms. The van der Waals surface area contributed by atoms with Gasteiger partial charge in [-0.15, -0.1) is 0 Å². The van der Waals surface area contributed by atoms with Crippen LogP contribution < -0.4 is 10.6 Å². The van der Waals surface area contributed by atoms with Crippen molar-refractivity contribution in [2.24, 2.45) is 5.92 Å². The number of nitrogens with one attached hydrogen (secondary N) is 2. The number of nitrogens with zero attached hydrogens (tertiary/aromatic N) is 1. The number of amides is 2. The summed E-state index contributed by atoms with van der Waals surface area (Å²) in [7, 11) is 1.95. The van der Waals surface area contributed by atoms with E-state index in [1.165, 1.54) is 0 Å². The molecule has 0 saturated carbocycles. The van der Waals surface area contributed by atoms with Gasteiger partial charge in [-0.2, -0.15) is 0 Å². The first-order chi connectivity index (χ1) is 8.29. The molecule has 1 unspecified atom stereocenters. The maximum atomic E-state index is 12.0. The van der Waals surface area contributed by atoms with E-state index in [0.29, 0.717) is 5.92 Å². The second kappa shape index (κ2) is 5.68. The zero-order chi connectivity index (χ0) is 12.1. The lowest BCUT2D eigenvalue weighted by molar-refractivity contribution is 0.221. The lowest BCUT2D eigenvalue weighted by Crippen LogP contribution is -2.33. The molecule has 1 aliphatic rings. The fourth-order valence-electron chi connectivity index (χ4n) is 2.20. The summed E-state index contributed by atoms with van der Waals surface area (Å²) in [4.78, 5) is 13.8. The molecular formula is C13H19N3O. The number of rotatable bonds is 3. The Morgan fingerprint density at radius 3 is 2.88 bits per heavy atom. The van der Waals surface area contributed by atoms with Gasteiger partial charge in [0.05, 0.1) is 0 Å². The number of urea groups is 1. The van der Waals surface area contributed by atoms with Crippen molar-refractivity contribution < 1.29 is 4.79 Å². The highest BCUT2D eigenvalue weighted by atomic mass is 16.2. The quantitative estimate of drug-likeness (QED) is 0.835. The fourth-order valence-corrected chi connectivity index (χ4v) is 2.20. The van der Waals surface area contributed by atoms with Crippen molar-refractivity contribution in [1.29, 1.82) is 0 Å². The summed E-state index contributed by atoms with van der Waals surface area (Å²) in [5.41, 5.74) is 0.856. The number of carbonyl (C=O) groups is 1. The molecule has 0 aromatic heterocycles. The normalized spacial score (nSPS) is 19.4. The number of likely N-dealkylation sites (tertiary alicyclic amines) is 1. The molecule has 1 atom stereocenters. The second-order valence-electron chi connectivity index (χ2n) is 4.45. The van der Waals surface area contributed by atoms with Gasteiger partial charge < -0.3 is 15.5 Å². The molecule has 1 saturated heterocycles. The minimum atomic E-state index is 0.00908. The van der Waals surface area contributed by atoms with E-state index in [1.807, 2.05) is 42.3 Å². The molecule has 1 aliphatic heterocycles. The van der Waals surface area contributed by atoms with Gasteiger partial charge in [-0.05, 0) is 38.1 Å². The van der Waals surface area contributed by atoms with E-state index in [1.54, 1.807) is 0 Å². The Bertz CT molecular complexity index is 366. The molecule has 17 heavy (non-hydrogen) atoms. The third kappa shape index (κ3) is 3.20. The highest BCUT2D eigenvalue weighted by Crippen LogP contribution is 2.16. The third-order valence-corrected chi connectivity index (χ3v) is 3.09. The van der Waals surface area contributed by atoms with Gasteiger partial charge in [-0.1, -0.05) is 18.2 Å². The molecule has 4 nitrogen and oxygen atoms in total. The Kier molecular flexibility index (Phi) is 3.98. The largest absolute Gasteiger partial charge is 0.324 e. The summed E-state index contributed by atoms with van der Waals surface area (Å²) in [6, 6.07) is 9.59. The predicted molar refractivity (Wildman–Crippen MR) is 69.1 cm³/mol. The SMILES string of the molecule is CNCC1CCN(C(=O)Nc2ccccc2)C1. The van der Waals surface area contributed by atoms with E-state index >= 15 is 0 Å². The zero-order valence-corrected chi connectivity index (χ0v) is 10.1. The molecule has 1 aromatic rings. The summed E-state index contributed by atoms with van der Waals surface area (Å²) in [6.45, 7) is 2.68. The Morgan fingerprint density at radius 1 is 1.41 bits per heavy atom. The van der Waals surface area contributed by atoms with Crippen molar-refractivity contribution in [1.82, 2.24) is 10.2 Å². The van der Waals surface area contributed by atoms with Crippen molar-refractivity contribution >= 4 is 11.7 Å². The van der Waals surface area contributed by atoms with Crippen LogP contribution in [0.25, 0.3) is 0 Å². The molecular weight excluding hydrogens is 214 g/mol. The Balaban J connectivity index is 1.85. The lowest BCUT2D eigenvalue weighted by atomic mass is 10.1. The van der Waals surface area contributed by atoms with E-state index in [2.05, 4.69) is 10.6 Å². The Morgan fingerprint density at radius 2 is 2.18 bits per heavy atom. The molecule has 2 amide bonds. The van der Waals surface area contributed by atoms with E-state index in [9.17, 15) is 4.79 Å². The fraction of sp³-hybridized carbons (Fsp3) is 0.462. The van der Waals surface area contributed by atoms with Crippen LogP contribution in [-0.2, 0) is 0 Å². The molecule has 0 aliphatic carbocycles. The van der Waals surface area contributed by atoms with Crippen molar-refractivity contribution in [3.8, 4) is 0 Å². The number of carbonyl (C=O) groups excluding carboxylic acids is 1. The maximum absolute atomic E-state index is 12.0. The van der Waals surface area contributed by atoms with Gasteiger partial charge >= 0.3 is 6.03 Å². The molecule has 0 radical (unpaired) electrons. The van der Waals surface area contributed by atoms with Gasteiger partial charge in [-0.25, -0.2) is 4.79 Å². The van der Waals surface area contributed by atoms with Crippen LogP contribution in [0, 0.1) is 5.92 Å². The topological polar surface area (TPSA) is 44.4 Å². The number of para-hydroxylation sites is 1. The number of benzene rings is 1. The van der Waals surface area contributed by atoms with Gasteiger partial charge in [0.15, 0.2) is 0 Å². The summed E-state index contributed by atoms with van der Waals surface area (Å²) in [5.74, 6) is 0.585. The molecule has 2 rings (SSSR count).